The Hall–Kier alpha value is -4.86. The third kappa shape index (κ3) is 6.38. The minimum atomic E-state index is -5.28. The fraction of sp³-hybridized carbons (Fsp3) is 0.429. The minimum Gasteiger partial charge on any atom is -0.744 e. The van der Waals surface area contributed by atoms with Crippen molar-refractivity contribution in [2.75, 3.05) is 44.2 Å². The van der Waals surface area contributed by atoms with Gasteiger partial charge in [0.15, 0.2) is 0 Å². The number of anilines is 1. The summed E-state index contributed by atoms with van der Waals surface area (Å²) in [6.07, 6.45) is 10.5. The van der Waals surface area contributed by atoms with Crippen LogP contribution in [0.1, 0.15) is 85.3 Å². The van der Waals surface area contributed by atoms with Crippen molar-refractivity contribution in [3.05, 3.63) is 86.4 Å². The predicted octanol–water partition coefficient (Wildman–Crippen LogP) is 2.66. The Morgan fingerprint density at radius 3 is 2.26 bits per heavy atom. The Kier molecular flexibility index (Phi) is 9.39. The molecule has 0 bridgehead atoms. The molecule has 57 heavy (non-hydrogen) atoms. The first-order valence-electron chi connectivity index (χ1n) is 19.9. The van der Waals surface area contributed by atoms with Crippen molar-refractivity contribution >= 4 is 49.1 Å². The molecule has 0 saturated carbocycles. The molecule has 6 heterocycles. The zero-order chi connectivity index (χ0) is 39.8. The largest absolute Gasteiger partial charge is 0.744 e. The molecule has 0 fully saturated rings. The number of benzene rings is 3. The minimum absolute atomic E-state index is 0.0934. The number of unbranched alkanes of at least 4 members (excludes halogenated alkanes) is 2. The van der Waals surface area contributed by atoms with Crippen molar-refractivity contribution in [2.24, 2.45) is 0 Å². The van der Waals surface area contributed by atoms with Crippen LogP contribution in [0, 0.1) is 0 Å². The Balaban J connectivity index is 1.17. The van der Waals surface area contributed by atoms with Gasteiger partial charge in [-0.25, -0.2) is 25.7 Å². The number of rotatable bonds is 10. The summed E-state index contributed by atoms with van der Waals surface area (Å²) in [5.41, 5.74) is 6.93. The van der Waals surface area contributed by atoms with E-state index in [1.165, 1.54) is 35.3 Å². The third-order valence-corrected chi connectivity index (χ3v) is 15.0. The summed E-state index contributed by atoms with van der Waals surface area (Å²) in [7, 11) is -9.89. The molecule has 6 aliphatic rings. The zero-order valence-corrected chi connectivity index (χ0v) is 33.5. The van der Waals surface area contributed by atoms with Gasteiger partial charge in [0, 0.05) is 96.8 Å². The first kappa shape index (κ1) is 37.7. The van der Waals surface area contributed by atoms with Crippen LogP contribution in [0.3, 0.4) is 0 Å². The lowest BCUT2D eigenvalue weighted by atomic mass is 9.82. The maximum Gasteiger partial charge on any atom is 0.266 e. The highest BCUT2D eigenvalue weighted by Gasteiger charge is 2.37. The van der Waals surface area contributed by atoms with Gasteiger partial charge >= 0.3 is 0 Å². The summed E-state index contributed by atoms with van der Waals surface area (Å²) in [5.74, 6) is -0.270. The highest BCUT2D eigenvalue weighted by molar-refractivity contribution is 7.89. The van der Waals surface area contributed by atoms with Gasteiger partial charge in [0.25, 0.3) is 21.8 Å². The Morgan fingerprint density at radius 1 is 0.825 bits per heavy atom. The molecule has 0 aromatic heterocycles. The summed E-state index contributed by atoms with van der Waals surface area (Å²) in [6.45, 7) is 4.84. The monoisotopic (exact) mass is 812 g/mol. The quantitative estimate of drug-likeness (QED) is 0.101. The highest BCUT2D eigenvalue weighted by Crippen LogP contribution is 2.49. The molecule has 0 spiro atoms. The van der Waals surface area contributed by atoms with E-state index in [4.69, 9.17) is 4.74 Å². The molecule has 6 aliphatic heterocycles. The number of carbonyl (C=O) groups excluding carboxylic acids is 3. The van der Waals surface area contributed by atoms with Gasteiger partial charge in [-0.2, -0.15) is 0 Å². The van der Waals surface area contributed by atoms with Crippen molar-refractivity contribution in [2.45, 2.75) is 87.3 Å². The SMILES string of the molecule is CC(=O)N(CCCCCN1C(=O)C=CC1=O)S(=O)(=O)c1ccc(C2=c3cc4c5c(c3Oc3c2cc2c6c3CCCN6CCC2)CCC[N+]=5CCC4)c(S(=O)(=O)[O-])c1. The van der Waals surface area contributed by atoms with Crippen LogP contribution in [-0.4, -0.2) is 87.6 Å². The van der Waals surface area contributed by atoms with Crippen molar-refractivity contribution in [1.29, 1.82) is 0 Å². The first-order valence-corrected chi connectivity index (χ1v) is 22.8. The standard InChI is InChI=1S/C42H44N4O9S2/c1-26(47)46(22-4-2-3-21-45-36(48)15-16-37(45)49)56(50,51)29-13-14-30(35(25-29)57(52,53)54)38-33-23-27-9-5-17-43-19-7-11-31(39(27)43)41(33)55-42-32-12-8-20-44-18-6-10-28(40(32)44)24-34(38)42/h13-16,23-25H,2-12,17-22H2,1H3. The molecule has 0 N–H and O–H groups in total. The fourth-order valence-electron chi connectivity index (χ4n) is 9.81. The number of sulfonamides is 1. The number of hydrogen-bond donors (Lipinski definition) is 0. The zero-order valence-electron chi connectivity index (χ0n) is 31.8. The van der Waals surface area contributed by atoms with Crippen LogP contribution in [-0.2, 0) is 60.2 Å². The number of nitrogens with zero attached hydrogens (tertiary/aromatic N) is 4. The van der Waals surface area contributed by atoms with Crippen LogP contribution >= 0.6 is 0 Å². The van der Waals surface area contributed by atoms with Gasteiger partial charge in [0.2, 0.25) is 11.3 Å². The van der Waals surface area contributed by atoms with Gasteiger partial charge in [-0.1, -0.05) is 6.07 Å². The van der Waals surface area contributed by atoms with Gasteiger partial charge < -0.3 is 14.2 Å². The molecule has 3 aromatic carbocycles. The topological polar surface area (TPSA) is 165 Å². The van der Waals surface area contributed by atoms with Gasteiger partial charge in [-0.05, 0) is 87.6 Å². The lowest BCUT2D eigenvalue weighted by Crippen LogP contribution is -2.45. The van der Waals surface area contributed by atoms with E-state index in [2.05, 4.69) is 21.6 Å². The second-order valence-corrected chi connectivity index (χ2v) is 19.0. The van der Waals surface area contributed by atoms with Gasteiger partial charge in [-0.15, -0.1) is 0 Å². The number of imide groups is 1. The Morgan fingerprint density at radius 2 is 1.53 bits per heavy atom. The second kappa shape index (κ2) is 14.2. The molecule has 0 aliphatic carbocycles. The summed E-state index contributed by atoms with van der Waals surface area (Å²) in [4.78, 5) is 39.0. The van der Waals surface area contributed by atoms with Crippen LogP contribution in [0.5, 0.6) is 11.5 Å². The van der Waals surface area contributed by atoms with Crippen LogP contribution in [0.4, 0.5) is 5.69 Å². The molecule has 15 heteroatoms. The van der Waals surface area contributed by atoms with Gasteiger partial charge in [0.1, 0.15) is 34.7 Å². The van der Waals surface area contributed by atoms with Crippen LogP contribution in [0.25, 0.3) is 5.57 Å². The van der Waals surface area contributed by atoms with Crippen LogP contribution < -0.4 is 24.8 Å². The molecule has 298 valence electrons. The molecular formula is C42H44N4O9S2. The van der Waals surface area contributed by atoms with E-state index in [1.807, 2.05) is 0 Å². The van der Waals surface area contributed by atoms with E-state index < -0.39 is 47.7 Å². The van der Waals surface area contributed by atoms with Crippen molar-refractivity contribution < 1.29 is 40.5 Å². The molecular weight excluding hydrogens is 769 g/mol. The van der Waals surface area contributed by atoms with Crippen molar-refractivity contribution in [3.8, 4) is 11.5 Å². The van der Waals surface area contributed by atoms with E-state index in [9.17, 15) is 35.8 Å². The molecule has 13 nitrogen and oxygen atoms in total. The summed E-state index contributed by atoms with van der Waals surface area (Å²) < 4.78 is 78.5. The number of aryl methyl sites for hydroxylation is 2. The smallest absolute Gasteiger partial charge is 0.266 e. The van der Waals surface area contributed by atoms with Crippen LogP contribution in [0.2, 0.25) is 0 Å². The van der Waals surface area contributed by atoms with Crippen LogP contribution in [0.15, 0.2) is 52.3 Å². The normalized spacial score (nSPS) is 18.2. The predicted molar refractivity (Wildman–Crippen MR) is 209 cm³/mol. The van der Waals surface area contributed by atoms with E-state index in [-0.39, 0.29) is 25.1 Å². The number of ether oxygens (including phenoxy) is 1. The van der Waals surface area contributed by atoms with E-state index in [0.717, 1.165) is 118 Å². The molecule has 3 amide bonds. The average Bonchev–Trinajstić information content (AvgIpc) is 3.51. The maximum atomic E-state index is 14.1. The molecule has 0 atom stereocenters. The lowest BCUT2D eigenvalue weighted by Gasteiger charge is -2.39. The summed E-state index contributed by atoms with van der Waals surface area (Å²) >= 11 is 0. The average molecular weight is 813 g/mol. The van der Waals surface area contributed by atoms with Crippen molar-refractivity contribution in [1.82, 2.24) is 13.8 Å². The van der Waals surface area contributed by atoms with Crippen molar-refractivity contribution in [3.63, 3.8) is 0 Å². The maximum absolute atomic E-state index is 14.1. The molecule has 9 rings (SSSR count). The first-order chi connectivity index (χ1) is 27.3. The molecule has 0 saturated heterocycles. The highest BCUT2D eigenvalue weighted by atomic mass is 32.2. The second-order valence-electron chi connectivity index (χ2n) is 15.8. The molecule has 0 unspecified atom stereocenters. The van der Waals surface area contributed by atoms with Gasteiger partial charge in [0.05, 0.1) is 15.4 Å². The number of hydrogen-bond acceptors (Lipinski definition) is 10. The van der Waals surface area contributed by atoms with E-state index in [0.29, 0.717) is 45.0 Å². The fourth-order valence-corrected chi connectivity index (χ4v) is 12.1. The summed E-state index contributed by atoms with van der Waals surface area (Å²) in [5, 5.41) is 1.87. The number of fused-ring (bicyclic) bond motifs is 4. The van der Waals surface area contributed by atoms with E-state index in [1.54, 1.807) is 0 Å². The van der Waals surface area contributed by atoms with Gasteiger partial charge in [-0.3, -0.25) is 19.3 Å². The molecule has 3 aromatic rings. The lowest BCUT2D eigenvalue weighted by molar-refractivity contribution is -0.136. The number of carbonyl (C=O) groups is 3. The Bertz CT molecular complexity index is 2660. The molecule has 0 radical (unpaired) electrons. The summed E-state index contributed by atoms with van der Waals surface area (Å²) in [6, 6.07) is 7.74. The van der Waals surface area contributed by atoms with E-state index >= 15 is 0 Å². The third-order valence-electron chi connectivity index (χ3n) is 12.3. The Labute approximate surface area is 331 Å². The number of amides is 3.